The van der Waals surface area contributed by atoms with Crippen LogP contribution in [0.25, 0.3) is 0 Å². The number of benzene rings is 1. The smallest absolute Gasteiger partial charge is 0.222 e. The second-order valence-corrected chi connectivity index (χ2v) is 6.77. The number of hydrogen-bond donors (Lipinski definition) is 3. The molecule has 0 aromatic heterocycles. The largest absolute Gasteiger partial charge is 0.354 e. The van der Waals surface area contributed by atoms with Gasteiger partial charge in [0.15, 0.2) is 0 Å². The van der Waals surface area contributed by atoms with Crippen molar-refractivity contribution in [3.63, 3.8) is 0 Å². The summed E-state index contributed by atoms with van der Waals surface area (Å²) in [6, 6.07) is 7.21. The molecule has 4 N–H and O–H groups in total. The summed E-state index contributed by atoms with van der Waals surface area (Å²) in [5.41, 5.74) is 6.71. The summed E-state index contributed by atoms with van der Waals surface area (Å²) in [5.74, 6) is -0.288. The Morgan fingerprint density at radius 2 is 1.75 bits per heavy atom. The number of rotatable bonds is 8. The molecule has 7 heteroatoms. The molecule has 0 saturated carbocycles. The first kappa shape index (κ1) is 22.9. The molecule has 0 heterocycles. The average Bonchev–Trinajstić information content (AvgIpc) is 2.52. The van der Waals surface area contributed by atoms with E-state index in [0.717, 1.165) is 22.9 Å². The van der Waals surface area contributed by atoms with Crippen LogP contribution in [0.3, 0.4) is 0 Å². The number of amides is 2. The summed E-state index contributed by atoms with van der Waals surface area (Å²) in [6.07, 6.45) is 1.78. The summed E-state index contributed by atoms with van der Waals surface area (Å²) in [4.78, 5) is 23.6. The predicted octanol–water partition coefficient (Wildman–Crippen LogP) is 3.07. The highest BCUT2D eigenvalue weighted by molar-refractivity contribution is 9.10. The number of carbonyl (C=O) groups is 2. The predicted molar refractivity (Wildman–Crippen MR) is 103 cm³/mol. The molecule has 0 aliphatic carbocycles. The molecule has 0 bridgehead atoms. The molecule has 1 aromatic carbocycles. The van der Waals surface area contributed by atoms with Crippen molar-refractivity contribution in [3.05, 3.63) is 34.3 Å². The van der Waals surface area contributed by atoms with E-state index in [-0.39, 0.29) is 42.2 Å². The van der Waals surface area contributed by atoms with E-state index >= 15 is 0 Å². The lowest BCUT2D eigenvalue weighted by atomic mass is 9.94. The van der Waals surface area contributed by atoms with Crippen LogP contribution in [-0.4, -0.2) is 23.9 Å². The van der Waals surface area contributed by atoms with Crippen molar-refractivity contribution in [2.75, 3.05) is 6.54 Å². The van der Waals surface area contributed by atoms with Gasteiger partial charge in [0.25, 0.3) is 0 Å². The lowest BCUT2D eigenvalue weighted by Crippen LogP contribution is -2.49. The van der Waals surface area contributed by atoms with Gasteiger partial charge in [-0.05, 0) is 30.5 Å². The van der Waals surface area contributed by atoms with Crippen LogP contribution in [-0.2, 0) is 9.59 Å². The molecule has 0 spiro atoms. The van der Waals surface area contributed by atoms with Crippen molar-refractivity contribution < 1.29 is 9.59 Å². The third kappa shape index (κ3) is 7.64. The molecule has 0 radical (unpaired) electrons. The minimum Gasteiger partial charge on any atom is -0.354 e. The minimum absolute atomic E-state index is 0. The zero-order valence-corrected chi connectivity index (χ0v) is 16.8. The Bertz CT molecular complexity index is 533. The molecule has 5 nitrogen and oxygen atoms in total. The third-order valence-electron chi connectivity index (χ3n) is 4.09. The van der Waals surface area contributed by atoms with Crippen molar-refractivity contribution in [2.45, 2.75) is 51.6 Å². The number of nitrogens with one attached hydrogen (secondary N) is 2. The second kappa shape index (κ2) is 10.7. The monoisotopic (exact) mass is 419 g/mol. The molecule has 24 heavy (non-hydrogen) atoms. The summed E-state index contributed by atoms with van der Waals surface area (Å²) in [5, 5.41) is 5.71. The van der Waals surface area contributed by atoms with E-state index in [1.807, 2.05) is 38.1 Å². The first-order valence-electron chi connectivity index (χ1n) is 7.87. The van der Waals surface area contributed by atoms with Crippen LogP contribution in [0, 0.1) is 0 Å². The van der Waals surface area contributed by atoms with Crippen LogP contribution in [0.1, 0.15) is 51.6 Å². The van der Waals surface area contributed by atoms with Crippen LogP contribution in [0.2, 0.25) is 0 Å². The van der Waals surface area contributed by atoms with Gasteiger partial charge >= 0.3 is 0 Å². The molecule has 1 rings (SSSR count). The molecular weight excluding hydrogens is 394 g/mol. The highest BCUT2D eigenvalue weighted by Crippen LogP contribution is 2.20. The highest BCUT2D eigenvalue weighted by Gasteiger charge is 2.22. The second-order valence-electron chi connectivity index (χ2n) is 5.85. The molecule has 0 aliphatic heterocycles. The fraction of sp³-hybridized carbons (Fsp3) is 0.529. The van der Waals surface area contributed by atoms with Gasteiger partial charge in [-0.2, -0.15) is 0 Å². The Balaban J connectivity index is 0.00000529. The van der Waals surface area contributed by atoms with Gasteiger partial charge in [0.1, 0.15) is 0 Å². The Kier molecular flexibility index (Phi) is 10.2. The van der Waals surface area contributed by atoms with Crippen LogP contribution >= 0.6 is 28.3 Å². The van der Waals surface area contributed by atoms with E-state index in [9.17, 15) is 9.59 Å². The van der Waals surface area contributed by atoms with Crippen LogP contribution < -0.4 is 16.4 Å². The average molecular weight is 421 g/mol. The fourth-order valence-electron chi connectivity index (χ4n) is 2.22. The summed E-state index contributed by atoms with van der Waals surface area (Å²) < 4.78 is 0.950. The summed E-state index contributed by atoms with van der Waals surface area (Å²) >= 11 is 3.38. The molecular formula is C17H27BrClN3O2. The molecule has 1 aromatic rings. The minimum atomic E-state index is -0.378. The normalized spacial score (nSPS) is 12.0. The molecule has 0 saturated heterocycles. The molecule has 0 fully saturated rings. The van der Waals surface area contributed by atoms with Crippen molar-refractivity contribution in [2.24, 2.45) is 5.73 Å². The lowest BCUT2D eigenvalue weighted by Gasteiger charge is -2.27. The quantitative estimate of drug-likeness (QED) is 0.604. The SMILES string of the molecule is CCC(N)(CC)CNC(=O)CC(NC(C)=O)c1ccc(Br)cc1.Cl. The fourth-order valence-corrected chi connectivity index (χ4v) is 2.49. The van der Waals surface area contributed by atoms with Gasteiger partial charge in [0, 0.05) is 23.5 Å². The molecule has 2 amide bonds. The molecule has 136 valence electrons. The van der Waals surface area contributed by atoms with Crippen LogP contribution in [0.15, 0.2) is 28.7 Å². The van der Waals surface area contributed by atoms with E-state index in [4.69, 9.17) is 5.73 Å². The number of carbonyl (C=O) groups excluding carboxylic acids is 2. The van der Waals surface area contributed by atoms with Gasteiger partial charge in [-0.3, -0.25) is 9.59 Å². The first-order chi connectivity index (χ1) is 10.8. The molecule has 0 aliphatic rings. The topological polar surface area (TPSA) is 84.2 Å². The number of hydrogen-bond acceptors (Lipinski definition) is 3. The van der Waals surface area contributed by atoms with Crippen molar-refractivity contribution in [1.82, 2.24) is 10.6 Å². The van der Waals surface area contributed by atoms with E-state index in [0.29, 0.717) is 6.54 Å². The Morgan fingerprint density at radius 3 is 2.21 bits per heavy atom. The summed E-state index contributed by atoms with van der Waals surface area (Å²) in [6.45, 7) is 5.91. The van der Waals surface area contributed by atoms with Crippen molar-refractivity contribution >= 4 is 40.2 Å². The van der Waals surface area contributed by atoms with Gasteiger partial charge < -0.3 is 16.4 Å². The Morgan fingerprint density at radius 1 is 1.21 bits per heavy atom. The Hall–Kier alpha value is -1.11. The zero-order valence-electron chi connectivity index (χ0n) is 14.4. The van der Waals surface area contributed by atoms with Crippen molar-refractivity contribution in [3.8, 4) is 0 Å². The maximum absolute atomic E-state index is 12.2. The highest BCUT2D eigenvalue weighted by atomic mass is 79.9. The van der Waals surface area contributed by atoms with Gasteiger partial charge in [0.2, 0.25) is 11.8 Å². The van der Waals surface area contributed by atoms with E-state index in [1.54, 1.807) is 0 Å². The van der Waals surface area contributed by atoms with Gasteiger partial charge in [-0.15, -0.1) is 12.4 Å². The van der Waals surface area contributed by atoms with E-state index in [1.165, 1.54) is 6.92 Å². The maximum Gasteiger partial charge on any atom is 0.222 e. The lowest BCUT2D eigenvalue weighted by molar-refractivity contribution is -0.123. The van der Waals surface area contributed by atoms with Crippen LogP contribution in [0.5, 0.6) is 0 Å². The van der Waals surface area contributed by atoms with Gasteiger partial charge in [-0.1, -0.05) is 41.9 Å². The third-order valence-corrected chi connectivity index (χ3v) is 4.61. The zero-order chi connectivity index (χ0) is 17.5. The Labute approximate surface area is 158 Å². The first-order valence-corrected chi connectivity index (χ1v) is 8.67. The standard InChI is InChI=1S/C17H26BrN3O2.ClH/c1-4-17(19,5-2)11-20-16(23)10-15(21-12(3)22)13-6-8-14(18)9-7-13;/h6-9,15H,4-5,10-11,19H2,1-3H3,(H,20,23)(H,21,22);1H. The van der Waals surface area contributed by atoms with E-state index < -0.39 is 0 Å². The van der Waals surface area contributed by atoms with Crippen molar-refractivity contribution in [1.29, 1.82) is 0 Å². The van der Waals surface area contributed by atoms with Crippen LogP contribution in [0.4, 0.5) is 0 Å². The van der Waals surface area contributed by atoms with Gasteiger partial charge in [0.05, 0.1) is 12.5 Å². The molecule has 1 atom stereocenters. The summed E-state index contributed by atoms with van der Waals surface area (Å²) in [7, 11) is 0. The van der Waals surface area contributed by atoms with E-state index in [2.05, 4.69) is 26.6 Å². The maximum atomic E-state index is 12.2. The molecule has 1 unspecified atom stereocenters. The van der Waals surface area contributed by atoms with Gasteiger partial charge in [-0.25, -0.2) is 0 Å². The number of nitrogens with two attached hydrogens (primary N) is 1. The number of halogens is 2.